The summed E-state index contributed by atoms with van der Waals surface area (Å²) in [5.74, 6) is 0. The Balaban J connectivity index is 1.64. The highest BCUT2D eigenvalue weighted by Crippen LogP contribution is 2.35. The fourth-order valence-electron chi connectivity index (χ4n) is 3.27. The van der Waals surface area contributed by atoms with Crippen molar-refractivity contribution >= 4 is 0 Å². The van der Waals surface area contributed by atoms with Gasteiger partial charge in [-0.25, -0.2) is 0 Å². The highest BCUT2D eigenvalue weighted by atomic mass is 16.6. The molecule has 3 aliphatic rings. The maximum absolute atomic E-state index is 9.61. The number of ether oxygens (including phenoxy) is 2. The van der Waals surface area contributed by atoms with Gasteiger partial charge in [-0.05, 0) is 12.8 Å². The molecule has 1 spiro atoms. The second-order valence-electron chi connectivity index (χ2n) is 5.57. The van der Waals surface area contributed by atoms with Crippen LogP contribution in [0.1, 0.15) is 19.3 Å². The van der Waals surface area contributed by atoms with Crippen molar-refractivity contribution in [2.45, 2.75) is 43.1 Å². The number of aliphatic hydroxyl groups excluding tert-OH is 2. The van der Waals surface area contributed by atoms with Crippen molar-refractivity contribution in [2.24, 2.45) is 0 Å². The van der Waals surface area contributed by atoms with Crippen LogP contribution in [0.5, 0.6) is 0 Å². The fraction of sp³-hybridized carbons (Fsp3) is 1.00. The van der Waals surface area contributed by atoms with Gasteiger partial charge in [0.15, 0.2) is 0 Å². The molecule has 3 aliphatic heterocycles. The Morgan fingerprint density at radius 3 is 2.53 bits per heavy atom. The SMILES string of the molecule is OC1CN(C2CCOC3(CCOC3)C2)CC1O. The van der Waals surface area contributed by atoms with Gasteiger partial charge in [0.1, 0.15) is 0 Å². The molecular weight excluding hydrogens is 222 g/mol. The van der Waals surface area contributed by atoms with Gasteiger partial charge in [0.2, 0.25) is 0 Å². The predicted molar refractivity (Wildman–Crippen MR) is 60.7 cm³/mol. The lowest BCUT2D eigenvalue weighted by molar-refractivity contribution is -0.105. The van der Waals surface area contributed by atoms with E-state index in [1.807, 2.05) is 0 Å². The molecular formula is C12H21NO4. The molecule has 4 unspecified atom stereocenters. The fourth-order valence-corrected chi connectivity index (χ4v) is 3.27. The van der Waals surface area contributed by atoms with Gasteiger partial charge >= 0.3 is 0 Å². The van der Waals surface area contributed by atoms with Crippen LogP contribution >= 0.6 is 0 Å². The summed E-state index contributed by atoms with van der Waals surface area (Å²) in [5.41, 5.74) is -0.0958. The molecule has 0 amide bonds. The van der Waals surface area contributed by atoms with Crippen molar-refractivity contribution in [1.29, 1.82) is 0 Å². The van der Waals surface area contributed by atoms with Crippen LogP contribution in [0.2, 0.25) is 0 Å². The van der Waals surface area contributed by atoms with Crippen LogP contribution in [-0.4, -0.2) is 71.9 Å². The maximum atomic E-state index is 9.61. The summed E-state index contributed by atoms with van der Waals surface area (Å²) in [5, 5.41) is 19.2. The lowest BCUT2D eigenvalue weighted by atomic mass is 9.89. The van der Waals surface area contributed by atoms with Crippen LogP contribution in [0.25, 0.3) is 0 Å². The average Bonchev–Trinajstić information content (AvgIpc) is 2.88. The summed E-state index contributed by atoms with van der Waals surface area (Å²) in [6, 6.07) is 0.414. The summed E-state index contributed by atoms with van der Waals surface area (Å²) in [4.78, 5) is 2.21. The van der Waals surface area contributed by atoms with E-state index in [-0.39, 0.29) is 5.60 Å². The summed E-state index contributed by atoms with van der Waals surface area (Å²) >= 11 is 0. The Bertz CT molecular complexity index is 270. The molecule has 3 saturated heterocycles. The molecule has 0 aliphatic carbocycles. The van der Waals surface area contributed by atoms with E-state index in [1.54, 1.807) is 0 Å². The van der Waals surface area contributed by atoms with Crippen LogP contribution in [-0.2, 0) is 9.47 Å². The van der Waals surface area contributed by atoms with E-state index in [4.69, 9.17) is 9.47 Å². The number of aliphatic hydroxyl groups is 2. The number of likely N-dealkylation sites (tertiary alicyclic amines) is 1. The van der Waals surface area contributed by atoms with Crippen LogP contribution in [0.15, 0.2) is 0 Å². The van der Waals surface area contributed by atoms with Gasteiger partial charge in [-0.2, -0.15) is 0 Å². The smallest absolute Gasteiger partial charge is 0.0951 e. The minimum atomic E-state index is -0.589. The highest BCUT2D eigenvalue weighted by molar-refractivity contribution is 4.96. The van der Waals surface area contributed by atoms with E-state index in [0.717, 1.165) is 32.5 Å². The van der Waals surface area contributed by atoms with Gasteiger partial charge in [0.05, 0.1) is 24.4 Å². The minimum Gasteiger partial charge on any atom is -0.389 e. The predicted octanol–water partition coefficient (Wildman–Crippen LogP) is -0.638. The van der Waals surface area contributed by atoms with E-state index in [0.29, 0.717) is 25.7 Å². The third kappa shape index (κ3) is 2.22. The quantitative estimate of drug-likeness (QED) is 0.641. The van der Waals surface area contributed by atoms with E-state index in [9.17, 15) is 10.2 Å². The average molecular weight is 243 g/mol. The normalized spacial score (nSPS) is 48.0. The van der Waals surface area contributed by atoms with Crippen LogP contribution in [0.4, 0.5) is 0 Å². The van der Waals surface area contributed by atoms with E-state index in [1.165, 1.54) is 0 Å². The highest BCUT2D eigenvalue weighted by Gasteiger charge is 2.44. The topological polar surface area (TPSA) is 62.2 Å². The minimum absolute atomic E-state index is 0.0958. The monoisotopic (exact) mass is 243 g/mol. The largest absolute Gasteiger partial charge is 0.389 e. The Kier molecular flexibility index (Phi) is 3.13. The molecule has 0 saturated carbocycles. The lowest BCUT2D eigenvalue weighted by Crippen LogP contribution is -2.48. The van der Waals surface area contributed by atoms with Crippen molar-refractivity contribution in [2.75, 3.05) is 32.9 Å². The molecule has 0 aromatic carbocycles. The number of nitrogens with zero attached hydrogens (tertiary/aromatic N) is 1. The third-order valence-electron chi connectivity index (χ3n) is 4.34. The van der Waals surface area contributed by atoms with Crippen LogP contribution in [0.3, 0.4) is 0 Å². The molecule has 0 aromatic heterocycles. The molecule has 0 bridgehead atoms. The Hall–Kier alpha value is -0.200. The molecule has 0 radical (unpaired) electrons. The zero-order valence-corrected chi connectivity index (χ0v) is 10.0. The van der Waals surface area contributed by atoms with E-state index < -0.39 is 12.2 Å². The summed E-state index contributed by atoms with van der Waals surface area (Å²) in [7, 11) is 0. The molecule has 3 heterocycles. The Labute approximate surface area is 101 Å². The first kappa shape index (κ1) is 11.9. The van der Waals surface area contributed by atoms with Crippen molar-refractivity contribution in [3.63, 3.8) is 0 Å². The first-order valence-electron chi connectivity index (χ1n) is 6.50. The molecule has 5 heteroatoms. The first-order valence-corrected chi connectivity index (χ1v) is 6.50. The third-order valence-corrected chi connectivity index (χ3v) is 4.34. The summed E-state index contributed by atoms with van der Waals surface area (Å²) in [6.07, 6.45) is 1.75. The molecule has 5 nitrogen and oxygen atoms in total. The van der Waals surface area contributed by atoms with Crippen molar-refractivity contribution in [3.05, 3.63) is 0 Å². The van der Waals surface area contributed by atoms with Crippen LogP contribution in [0, 0.1) is 0 Å². The Morgan fingerprint density at radius 2 is 1.88 bits per heavy atom. The molecule has 0 aromatic rings. The number of hydrogen-bond donors (Lipinski definition) is 2. The van der Waals surface area contributed by atoms with Gasteiger partial charge in [-0.15, -0.1) is 0 Å². The van der Waals surface area contributed by atoms with Gasteiger partial charge in [0.25, 0.3) is 0 Å². The van der Waals surface area contributed by atoms with E-state index >= 15 is 0 Å². The van der Waals surface area contributed by atoms with Crippen molar-refractivity contribution in [1.82, 2.24) is 4.90 Å². The first-order chi connectivity index (χ1) is 8.19. The number of rotatable bonds is 1. The second-order valence-corrected chi connectivity index (χ2v) is 5.57. The van der Waals surface area contributed by atoms with E-state index in [2.05, 4.69) is 4.90 Å². The van der Waals surface area contributed by atoms with Gasteiger partial charge in [-0.1, -0.05) is 0 Å². The summed E-state index contributed by atoms with van der Waals surface area (Å²) < 4.78 is 11.3. The molecule has 2 N–H and O–H groups in total. The van der Waals surface area contributed by atoms with Gasteiger partial charge in [0, 0.05) is 38.8 Å². The van der Waals surface area contributed by atoms with Gasteiger partial charge in [-0.3, -0.25) is 4.90 Å². The summed E-state index contributed by atoms with van der Waals surface area (Å²) in [6.45, 7) is 3.42. The molecule has 4 atom stereocenters. The number of hydrogen-bond acceptors (Lipinski definition) is 5. The molecule has 3 rings (SSSR count). The standard InChI is InChI=1S/C12H21NO4/c14-10-6-13(7-11(10)15)9-1-3-17-12(5-9)2-4-16-8-12/h9-11,14-15H,1-8H2. The Morgan fingerprint density at radius 1 is 1.12 bits per heavy atom. The molecule has 98 valence electrons. The van der Waals surface area contributed by atoms with Crippen LogP contribution < -0.4 is 0 Å². The second kappa shape index (κ2) is 4.48. The van der Waals surface area contributed by atoms with Crippen molar-refractivity contribution < 1.29 is 19.7 Å². The molecule has 3 fully saturated rings. The zero-order chi connectivity index (χ0) is 11.9. The van der Waals surface area contributed by atoms with Crippen molar-refractivity contribution in [3.8, 4) is 0 Å². The molecule has 17 heavy (non-hydrogen) atoms. The zero-order valence-electron chi connectivity index (χ0n) is 10.0. The maximum Gasteiger partial charge on any atom is 0.0951 e. The van der Waals surface area contributed by atoms with Gasteiger partial charge < -0.3 is 19.7 Å². The number of β-amino-alcohol motifs (C(OH)–C–C–N with tert-alkyl or cyclic N) is 2. The lowest BCUT2D eigenvalue weighted by Gasteiger charge is -2.40.